The lowest BCUT2D eigenvalue weighted by Gasteiger charge is -1.82. The van der Waals surface area contributed by atoms with E-state index in [1.807, 2.05) is 0 Å². The van der Waals surface area contributed by atoms with Crippen LogP contribution in [0.1, 0.15) is 0 Å². The molecule has 4 heteroatoms. The highest BCUT2D eigenvalue weighted by Gasteiger charge is 1.73. The maximum Gasteiger partial charge on any atom is 0.0763 e. The maximum atomic E-state index is 4.45. The van der Waals surface area contributed by atoms with Crippen LogP contribution in [-0.2, 0) is 0 Å². The Labute approximate surface area is 64.4 Å². The van der Waals surface area contributed by atoms with Crippen molar-refractivity contribution in [1.82, 2.24) is 5.32 Å². The summed E-state index contributed by atoms with van der Waals surface area (Å²) in [5.41, 5.74) is 1.42. The summed E-state index contributed by atoms with van der Waals surface area (Å²) in [6.45, 7) is 0. The zero-order chi connectivity index (χ0) is 5.70. The number of hydrogen-bond donors (Lipinski definition) is 1. The molecule has 0 radical (unpaired) electrons. The Bertz CT molecular complexity index is 86.9. The predicted octanol–water partition coefficient (Wildman–Crippen LogP) is 2.12. The van der Waals surface area contributed by atoms with Crippen molar-refractivity contribution >= 4 is 49.6 Å². The summed E-state index contributed by atoms with van der Waals surface area (Å²) in [5.74, 6) is 0. The van der Waals surface area contributed by atoms with Gasteiger partial charge < -0.3 is 5.32 Å². The van der Waals surface area contributed by atoms with Gasteiger partial charge in [-0.05, 0) is 31.9 Å². The third-order valence-electron chi connectivity index (χ3n) is 0.260. The second-order valence-corrected chi connectivity index (χ2v) is 3.73. The van der Waals surface area contributed by atoms with Gasteiger partial charge in [-0.2, -0.15) is 0 Å². The maximum absolute atomic E-state index is 4.45. The summed E-state index contributed by atoms with van der Waals surface area (Å²) in [6.07, 6.45) is 1.69. The van der Waals surface area contributed by atoms with Gasteiger partial charge in [0.15, 0.2) is 0 Å². The molecule has 0 bridgehead atoms. The molecule has 0 rings (SSSR count). The zero-order valence-corrected chi connectivity index (χ0v) is 7.31. The molecule has 0 aromatic rings. The molecule has 0 amide bonds. The molecule has 7 heavy (non-hydrogen) atoms. The highest BCUT2D eigenvalue weighted by molar-refractivity contribution is 9.28. The van der Waals surface area contributed by atoms with E-state index in [0.717, 1.165) is 3.39 Å². The minimum atomic E-state index is 0.848. The number of nitrogens with one attached hydrogen (secondary N) is 1. The van der Waals surface area contributed by atoms with E-state index in [9.17, 15) is 0 Å². The first-order valence-corrected chi connectivity index (χ1v) is 3.54. The Balaban J connectivity index is 3.25. The molecule has 0 aliphatic heterocycles. The molecule has 0 atom stereocenters. The fraction of sp³-hybridized carbons (Fsp3) is 0. The minimum Gasteiger partial charge on any atom is -0.357 e. The molecule has 40 valence electrons. The minimum absolute atomic E-state index is 0.848. The molecule has 0 saturated carbocycles. The van der Waals surface area contributed by atoms with Crippen molar-refractivity contribution in [2.45, 2.75) is 0 Å². The van der Waals surface area contributed by atoms with Crippen molar-refractivity contribution in [2.24, 2.45) is 0 Å². The van der Waals surface area contributed by atoms with E-state index in [4.69, 9.17) is 0 Å². The van der Waals surface area contributed by atoms with E-state index in [2.05, 4.69) is 49.4 Å². The van der Waals surface area contributed by atoms with Crippen molar-refractivity contribution in [2.75, 3.05) is 0 Å². The molecule has 0 fully saturated rings. The molecule has 0 aliphatic rings. The lowest BCUT2D eigenvalue weighted by Crippen LogP contribution is -1.95. The van der Waals surface area contributed by atoms with Crippen molar-refractivity contribution in [3.63, 3.8) is 0 Å². The van der Waals surface area contributed by atoms with Crippen LogP contribution in [0.3, 0.4) is 0 Å². The largest absolute Gasteiger partial charge is 0.357 e. The van der Waals surface area contributed by atoms with Gasteiger partial charge in [0.05, 0.1) is 8.88 Å². The molecule has 0 unspecified atom stereocenters. The number of hydrogen-bond acceptors (Lipinski definition) is 1. The van der Waals surface area contributed by atoms with E-state index in [-0.39, 0.29) is 0 Å². The molecular weight excluding hydrogens is 242 g/mol. The van der Waals surface area contributed by atoms with E-state index in [1.165, 1.54) is 5.49 Å². The van der Waals surface area contributed by atoms with E-state index < -0.39 is 0 Å². The van der Waals surface area contributed by atoms with Gasteiger partial charge in [-0.15, -0.1) is 0 Å². The Morgan fingerprint density at radius 3 is 2.29 bits per heavy atom. The molecule has 1 N–H and O–H groups in total. The van der Waals surface area contributed by atoms with Crippen molar-refractivity contribution in [3.8, 4) is 0 Å². The summed E-state index contributed by atoms with van der Waals surface area (Å²) in [4.78, 5) is 0. The van der Waals surface area contributed by atoms with Crippen LogP contribution in [0.4, 0.5) is 0 Å². The van der Waals surface area contributed by atoms with Gasteiger partial charge in [-0.1, -0.05) is 12.2 Å². The number of halogens is 2. The lowest BCUT2D eigenvalue weighted by atomic mass is 11.0. The van der Waals surface area contributed by atoms with Crippen molar-refractivity contribution < 1.29 is 0 Å². The van der Waals surface area contributed by atoms with Crippen molar-refractivity contribution in [3.05, 3.63) is 9.59 Å². The van der Waals surface area contributed by atoms with Crippen LogP contribution in [0.5, 0.6) is 0 Å². The van der Waals surface area contributed by atoms with Gasteiger partial charge in [-0.3, -0.25) is 0 Å². The Hall–Kier alpha value is 0.590. The summed E-state index contributed by atoms with van der Waals surface area (Å²) < 4.78 is 0.848. The monoisotopic (exact) mass is 243 g/mol. The Kier molecular flexibility index (Phi) is 5.14. The smallest absolute Gasteiger partial charge is 0.0763 e. The van der Waals surface area contributed by atoms with Crippen LogP contribution < -0.4 is 5.32 Å². The SMILES string of the molecule is S=CNC=C(Br)Br. The second-order valence-electron chi connectivity index (χ2n) is 0.719. The predicted molar refractivity (Wildman–Crippen MR) is 42.7 cm³/mol. The average molecular weight is 245 g/mol. The Morgan fingerprint density at radius 2 is 2.14 bits per heavy atom. The molecule has 0 heterocycles. The van der Waals surface area contributed by atoms with Gasteiger partial charge in [0.1, 0.15) is 0 Å². The first kappa shape index (κ1) is 7.59. The topological polar surface area (TPSA) is 12.0 Å². The second kappa shape index (κ2) is 4.74. The van der Waals surface area contributed by atoms with Gasteiger partial charge in [-0.25, -0.2) is 0 Å². The third-order valence-corrected chi connectivity index (χ3v) is 0.854. The standard InChI is InChI=1S/C3H3Br2NS/c4-3(5)1-6-2-7/h1-2H,(H,6,7). The quantitative estimate of drug-likeness (QED) is 0.747. The van der Waals surface area contributed by atoms with E-state index in [1.54, 1.807) is 6.20 Å². The highest BCUT2D eigenvalue weighted by atomic mass is 79.9. The van der Waals surface area contributed by atoms with Gasteiger partial charge in [0.2, 0.25) is 0 Å². The Morgan fingerprint density at radius 1 is 1.57 bits per heavy atom. The van der Waals surface area contributed by atoms with Crippen LogP contribution in [0.15, 0.2) is 9.59 Å². The lowest BCUT2D eigenvalue weighted by molar-refractivity contribution is 1.36. The van der Waals surface area contributed by atoms with Gasteiger partial charge in [0.25, 0.3) is 0 Å². The van der Waals surface area contributed by atoms with Gasteiger partial charge >= 0.3 is 0 Å². The van der Waals surface area contributed by atoms with Crippen LogP contribution in [-0.4, -0.2) is 5.49 Å². The summed E-state index contributed by atoms with van der Waals surface area (Å²) >= 11 is 10.7. The van der Waals surface area contributed by atoms with Crippen LogP contribution in [0, 0.1) is 0 Å². The molecule has 0 saturated heterocycles. The first-order valence-electron chi connectivity index (χ1n) is 1.48. The summed E-state index contributed by atoms with van der Waals surface area (Å²) in [6, 6.07) is 0. The molecular formula is C3H3Br2NS. The fourth-order valence-electron chi connectivity index (χ4n) is 0.0970. The molecule has 1 nitrogen and oxygen atoms in total. The molecule has 0 spiro atoms. The van der Waals surface area contributed by atoms with E-state index >= 15 is 0 Å². The molecule has 0 aromatic carbocycles. The van der Waals surface area contributed by atoms with Crippen LogP contribution in [0.25, 0.3) is 0 Å². The molecule has 0 aromatic heterocycles. The zero-order valence-electron chi connectivity index (χ0n) is 3.32. The van der Waals surface area contributed by atoms with Crippen molar-refractivity contribution in [1.29, 1.82) is 0 Å². The highest BCUT2D eigenvalue weighted by Crippen LogP contribution is 2.09. The molecule has 0 aliphatic carbocycles. The van der Waals surface area contributed by atoms with E-state index in [0.29, 0.717) is 0 Å². The van der Waals surface area contributed by atoms with Crippen LogP contribution >= 0.6 is 44.1 Å². The fourth-order valence-corrected chi connectivity index (χ4v) is 0.429. The normalized spacial score (nSPS) is 7.14. The number of rotatable bonds is 2. The summed E-state index contributed by atoms with van der Waals surface area (Å²) in [7, 11) is 0. The summed E-state index contributed by atoms with van der Waals surface area (Å²) in [5, 5.41) is 2.68. The average Bonchev–Trinajstić information content (AvgIpc) is 1.61. The third kappa shape index (κ3) is 6.59. The van der Waals surface area contributed by atoms with Gasteiger partial charge in [0, 0.05) is 6.20 Å². The van der Waals surface area contributed by atoms with Crippen LogP contribution in [0.2, 0.25) is 0 Å². The number of thiocarbonyl (C=S) groups is 1. The first-order chi connectivity index (χ1) is 3.27.